The lowest BCUT2D eigenvalue weighted by Crippen LogP contribution is -2.16. The van der Waals surface area contributed by atoms with E-state index in [9.17, 15) is 4.79 Å². The number of aryl methyl sites for hydroxylation is 2. The average molecular weight is 411 g/mol. The Morgan fingerprint density at radius 1 is 1.21 bits per heavy atom. The Bertz CT molecular complexity index is 1150. The van der Waals surface area contributed by atoms with Crippen LogP contribution in [0.5, 0.6) is 0 Å². The summed E-state index contributed by atoms with van der Waals surface area (Å²) in [5.74, 6) is 0.615. The zero-order chi connectivity index (χ0) is 20.4. The number of halogens is 1. The summed E-state index contributed by atoms with van der Waals surface area (Å²) in [5.41, 5.74) is 2.91. The van der Waals surface area contributed by atoms with E-state index in [4.69, 9.17) is 16.1 Å². The average Bonchev–Trinajstić information content (AvgIpc) is 3.37. The van der Waals surface area contributed by atoms with E-state index >= 15 is 0 Å². The number of benzene rings is 1. The summed E-state index contributed by atoms with van der Waals surface area (Å²) in [6, 6.07) is 11.8. The van der Waals surface area contributed by atoms with E-state index < -0.39 is 0 Å². The molecule has 1 aromatic carbocycles. The van der Waals surface area contributed by atoms with Gasteiger partial charge in [0, 0.05) is 23.5 Å². The molecule has 0 aliphatic heterocycles. The van der Waals surface area contributed by atoms with Crippen LogP contribution in [0.4, 0.5) is 5.82 Å². The highest BCUT2D eigenvalue weighted by Gasteiger charge is 2.21. The molecule has 1 amide bonds. The smallest absolute Gasteiger partial charge is 0.279 e. The van der Waals surface area contributed by atoms with Crippen molar-refractivity contribution >= 4 is 23.3 Å². The van der Waals surface area contributed by atoms with Crippen molar-refractivity contribution in [3.8, 4) is 0 Å². The second-order valence-corrected chi connectivity index (χ2v) is 7.13. The molecular formula is C20H19ClN6O2. The van der Waals surface area contributed by atoms with Crippen LogP contribution in [-0.4, -0.2) is 30.6 Å². The van der Waals surface area contributed by atoms with Crippen LogP contribution in [0.2, 0.25) is 5.02 Å². The molecule has 0 saturated carbocycles. The normalized spacial score (nSPS) is 11.0. The molecule has 0 aliphatic rings. The summed E-state index contributed by atoms with van der Waals surface area (Å²) >= 11 is 5.91. The van der Waals surface area contributed by atoms with Crippen molar-refractivity contribution in [2.45, 2.75) is 26.9 Å². The molecule has 29 heavy (non-hydrogen) atoms. The van der Waals surface area contributed by atoms with Crippen LogP contribution in [0, 0.1) is 13.8 Å². The minimum absolute atomic E-state index is 0.199. The summed E-state index contributed by atoms with van der Waals surface area (Å²) in [6.45, 7) is 4.64. The van der Waals surface area contributed by atoms with E-state index in [0.717, 1.165) is 11.3 Å². The van der Waals surface area contributed by atoms with Gasteiger partial charge in [0.15, 0.2) is 11.5 Å². The quantitative estimate of drug-likeness (QED) is 0.523. The molecule has 1 N–H and O–H groups in total. The summed E-state index contributed by atoms with van der Waals surface area (Å²) in [7, 11) is 0. The third-order valence-corrected chi connectivity index (χ3v) is 4.71. The van der Waals surface area contributed by atoms with Gasteiger partial charge in [-0.15, -0.1) is 0 Å². The van der Waals surface area contributed by atoms with Gasteiger partial charge >= 0.3 is 0 Å². The van der Waals surface area contributed by atoms with E-state index in [1.807, 2.05) is 48.0 Å². The van der Waals surface area contributed by atoms with Gasteiger partial charge < -0.3 is 9.84 Å². The number of amides is 1. The summed E-state index contributed by atoms with van der Waals surface area (Å²) in [6.07, 6.45) is 3.20. The Labute approximate surface area is 172 Å². The Hall–Kier alpha value is -3.39. The van der Waals surface area contributed by atoms with Crippen molar-refractivity contribution < 1.29 is 9.32 Å². The number of rotatable bonds is 6. The van der Waals surface area contributed by atoms with Crippen LogP contribution in [-0.2, 0) is 13.1 Å². The molecule has 0 spiro atoms. The molecule has 0 fully saturated rings. The van der Waals surface area contributed by atoms with E-state index in [1.165, 1.54) is 6.20 Å². The van der Waals surface area contributed by atoms with Crippen LogP contribution >= 0.6 is 11.6 Å². The number of anilines is 1. The van der Waals surface area contributed by atoms with Gasteiger partial charge in [-0.25, -0.2) is 0 Å². The lowest BCUT2D eigenvalue weighted by molar-refractivity contribution is 0.101. The van der Waals surface area contributed by atoms with Crippen LogP contribution in [0.1, 0.15) is 33.1 Å². The van der Waals surface area contributed by atoms with Gasteiger partial charge in [0.05, 0.1) is 24.3 Å². The van der Waals surface area contributed by atoms with E-state index in [0.29, 0.717) is 35.3 Å². The van der Waals surface area contributed by atoms with Crippen LogP contribution in [0.15, 0.2) is 53.3 Å². The number of carbonyl (C=O) groups is 1. The second-order valence-electron chi connectivity index (χ2n) is 6.69. The first-order valence-electron chi connectivity index (χ1n) is 9.02. The molecule has 0 aliphatic carbocycles. The van der Waals surface area contributed by atoms with Gasteiger partial charge in [-0.05, 0) is 19.4 Å². The first-order valence-corrected chi connectivity index (χ1v) is 9.40. The third-order valence-electron chi connectivity index (χ3n) is 4.52. The monoisotopic (exact) mass is 410 g/mol. The number of hydrogen-bond donors (Lipinski definition) is 1. The first-order chi connectivity index (χ1) is 14.0. The SMILES string of the molecule is Cc1onc(C(=O)Nc2cc(C)n(Cc3ccccc3)n2)c1Cn1cc(Cl)cn1. The summed E-state index contributed by atoms with van der Waals surface area (Å²) in [4.78, 5) is 12.8. The van der Waals surface area contributed by atoms with Gasteiger partial charge in [-0.2, -0.15) is 10.2 Å². The molecule has 4 rings (SSSR count). The molecule has 4 aromatic rings. The van der Waals surface area contributed by atoms with Crippen molar-refractivity contribution in [2.24, 2.45) is 0 Å². The molecule has 0 unspecified atom stereocenters. The van der Waals surface area contributed by atoms with Crippen LogP contribution in [0.3, 0.4) is 0 Å². The van der Waals surface area contributed by atoms with Crippen LogP contribution in [0.25, 0.3) is 0 Å². The van der Waals surface area contributed by atoms with Crippen molar-refractivity contribution in [3.63, 3.8) is 0 Å². The highest BCUT2D eigenvalue weighted by Crippen LogP contribution is 2.18. The molecule has 3 aromatic heterocycles. The lowest BCUT2D eigenvalue weighted by Gasteiger charge is -2.05. The fraction of sp³-hybridized carbons (Fsp3) is 0.200. The highest BCUT2D eigenvalue weighted by atomic mass is 35.5. The zero-order valence-corrected chi connectivity index (χ0v) is 16.7. The lowest BCUT2D eigenvalue weighted by atomic mass is 10.2. The largest absolute Gasteiger partial charge is 0.361 e. The fourth-order valence-electron chi connectivity index (χ4n) is 3.01. The number of hydrogen-bond acceptors (Lipinski definition) is 5. The zero-order valence-electron chi connectivity index (χ0n) is 16.0. The molecule has 0 atom stereocenters. The molecule has 9 heteroatoms. The molecule has 0 radical (unpaired) electrons. The van der Waals surface area contributed by atoms with Gasteiger partial charge in [0.2, 0.25) is 0 Å². The second kappa shape index (κ2) is 7.92. The topological polar surface area (TPSA) is 90.8 Å². The van der Waals surface area contributed by atoms with E-state index in [-0.39, 0.29) is 11.6 Å². The maximum Gasteiger partial charge on any atom is 0.279 e. The Balaban J connectivity index is 1.51. The standard InChI is InChI=1S/C20H19ClN6O2/c1-13-8-18(24-27(13)10-15-6-4-3-5-7-15)23-20(28)19-17(14(2)29-25-19)12-26-11-16(21)9-22-26/h3-9,11H,10,12H2,1-2H3,(H,23,24,28). The fourth-order valence-corrected chi connectivity index (χ4v) is 3.16. The first kappa shape index (κ1) is 18.9. The maximum atomic E-state index is 12.8. The summed E-state index contributed by atoms with van der Waals surface area (Å²) in [5, 5.41) is 15.9. The molecule has 0 saturated heterocycles. The molecule has 148 valence electrons. The van der Waals surface area contributed by atoms with E-state index in [2.05, 4.69) is 20.7 Å². The van der Waals surface area contributed by atoms with Crippen molar-refractivity contribution in [1.82, 2.24) is 24.7 Å². The van der Waals surface area contributed by atoms with Gasteiger partial charge in [0.1, 0.15) is 5.76 Å². The maximum absolute atomic E-state index is 12.8. The van der Waals surface area contributed by atoms with Crippen molar-refractivity contribution in [1.29, 1.82) is 0 Å². The van der Waals surface area contributed by atoms with Crippen molar-refractivity contribution in [2.75, 3.05) is 5.32 Å². The van der Waals surface area contributed by atoms with E-state index in [1.54, 1.807) is 17.8 Å². The Morgan fingerprint density at radius 2 is 2.00 bits per heavy atom. The Kier molecular flexibility index (Phi) is 5.18. The minimum atomic E-state index is -0.389. The highest BCUT2D eigenvalue weighted by molar-refractivity contribution is 6.30. The molecule has 0 bridgehead atoms. The van der Waals surface area contributed by atoms with Gasteiger partial charge in [0.25, 0.3) is 5.91 Å². The third kappa shape index (κ3) is 4.22. The number of nitrogens with one attached hydrogen (secondary N) is 1. The Morgan fingerprint density at radius 3 is 2.72 bits per heavy atom. The van der Waals surface area contributed by atoms with Gasteiger partial charge in [-0.1, -0.05) is 47.1 Å². The number of carbonyl (C=O) groups excluding carboxylic acids is 1. The predicted octanol–water partition coefficient (Wildman–Crippen LogP) is 3.69. The molecule has 3 heterocycles. The minimum Gasteiger partial charge on any atom is -0.361 e. The van der Waals surface area contributed by atoms with Gasteiger partial charge in [-0.3, -0.25) is 14.2 Å². The number of aromatic nitrogens is 5. The van der Waals surface area contributed by atoms with Crippen molar-refractivity contribution in [3.05, 3.63) is 82.1 Å². The predicted molar refractivity (Wildman–Crippen MR) is 108 cm³/mol. The molecule has 8 nitrogen and oxygen atoms in total. The summed E-state index contributed by atoms with van der Waals surface area (Å²) < 4.78 is 8.69. The molecular weight excluding hydrogens is 392 g/mol. The number of nitrogens with zero attached hydrogens (tertiary/aromatic N) is 5. The van der Waals surface area contributed by atoms with Crippen LogP contribution < -0.4 is 5.32 Å².